The van der Waals surface area contributed by atoms with Crippen LogP contribution in [0.1, 0.15) is 25.3 Å². The first-order valence-electron chi connectivity index (χ1n) is 10.0. The normalized spacial score (nSPS) is 16.8. The lowest BCUT2D eigenvalue weighted by Gasteiger charge is -2.31. The van der Waals surface area contributed by atoms with Crippen LogP contribution in [0.4, 0.5) is 4.39 Å². The third kappa shape index (κ3) is 5.37. The van der Waals surface area contributed by atoms with Gasteiger partial charge in [-0.3, -0.25) is 4.79 Å². The summed E-state index contributed by atoms with van der Waals surface area (Å²) in [6.07, 6.45) is 0.884. The molecule has 0 aromatic heterocycles. The van der Waals surface area contributed by atoms with Crippen molar-refractivity contribution in [2.75, 3.05) is 19.7 Å². The van der Waals surface area contributed by atoms with E-state index in [1.165, 1.54) is 16.4 Å². The standard InChI is InChI=1S/C22H27FN2O4S/c1-16-5-3-4-6-21(16)29-15-17(2)24-22(26)18-11-13-25(14-12-18)30(27,28)20-9-7-19(23)8-10-20/h3-10,17-18H,11-15H2,1-2H3,(H,24,26)/t17-/m1/s1. The van der Waals surface area contributed by atoms with Gasteiger partial charge in [-0.25, -0.2) is 12.8 Å². The number of rotatable bonds is 7. The predicted molar refractivity (Wildman–Crippen MR) is 112 cm³/mol. The van der Waals surface area contributed by atoms with Gasteiger partial charge in [-0.2, -0.15) is 4.31 Å². The van der Waals surface area contributed by atoms with Gasteiger partial charge in [0.05, 0.1) is 10.9 Å². The minimum atomic E-state index is -3.68. The van der Waals surface area contributed by atoms with E-state index in [1.807, 2.05) is 38.1 Å². The Balaban J connectivity index is 1.49. The molecule has 0 aliphatic carbocycles. The van der Waals surface area contributed by atoms with Crippen LogP contribution in [0.15, 0.2) is 53.4 Å². The SMILES string of the molecule is Cc1ccccc1OC[C@@H](C)NC(=O)C1CCN(S(=O)(=O)c2ccc(F)cc2)CC1. The maximum absolute atomic E-state index is 13.1. The van der Waals surface area contributed by atoms with Crippen LogP contribution in [0.2, 0.25) is 0 Å². The fourth-order valence-corrected chi connectivity index (χ4v) is 4.92. The van der Waals surface area contributed by atoms with Gasteiger partial charge >= 0.3 is 0 Å². The monoisotopic (exact) mass is 434 g/mol. The summed E-state index contributed by atoms with van der Waals surface area (Å²) in [5.74, 6) is -0.0250. The lowest BCUT2D eigenvalue weighted by molar-refractivity contribution is -0.126. The van der Waals surface area contributed by atoms with E-state index >= 15 is 0 Å². The maximum atomic E-state index is 13.1. The zero-order chi connectivity index (χ0) is 21.7. The second-order valence-corrected chi connectivity index (χ2v) is 9.56. The highest BCUT2D eigenvalue weighted by atomic mass is 32.2. The molecule has 1 N–H and O–H groups in total. The number of sulfonamides is 1. The molecule has 0 bridgehead atoms. The zero-order valence-corrected chi connectivity index (χ0v) is 18.0. The number of benzene rings is 2. The van der Waals surface area contributed by atoms with Crippen LogP contribution in [0.25, 0.3) is 0 Å². The Labute approximate surface area is 177 Å². The summed E-state index contributed by atoms with van der Waals surface area (Å²) >= 11 is 0. The lowest BCUT2D eigenvalue weighted by Crippen LogP contribution is -2.45. The maximum Gasteiger partial charge on any atom is 0.243 e. The fourth-order valence-electron chi connectivity index (χ4n) is 3.45. The average Bonchev–Trinajstić information content (AvgIpc) is 2.73. The Morgan fingerprint density at radius 3 is 2.43 bits per heavy atom. The summed E-state index contributed by atoms with van der Waals surface area (Å²) in [5, 5.41) is 2.96. The summed E-state index contributed by atoms with van der Waals surface area (Å²) in [4.78, 5) is 12.6. The first-order chi connectivity index (χ1) is 14.3. The molecule has 162 valence electrons. The first-order valence-corrected chi connectivity index (χ1v) is 11.5. The largest absolute Gasteiger partial charge is 0.491 e. The van der Waals surface area contributed by atoms with Gasteiger partial charge in [0.1, 0.15) is 18.2 Å². The van der Waals surface area contributed by atoms with Crippen molar-refractivity contribution in [1.82, 2.24) is 9.62 Å². The van der Waals surface area contributed by atoms with Gasteiger partial charge < -0.3 is 10.1 Å². The molecule has 6 nitrogen and oxygen atoms in total. The van der Waals surface area contributed by atoms with Crippen molar-refractivity contribution in [3.05, 3.63) is 59.9 Å². The molecule has 1 atom stereocenters. The number of para-hydroxylation sites is 1. The number of ether oxygens (including phenoxy) is 1. The molecule has 1 saturated heterocycles. The van der Waals surface area contributed by atoms with Crippen LogP contribution in [-0.4, -0.2) is 44.4 Å². The third-order valence-corrected chi connectivity index (χ3v) is 7.16. The minimum Gasteiger partial charge on any atom is -0.491 e. The van der Waals surface area contributed by atoms with E-state index in [1.54, 1.807) is 0 Å². The van der Waals surface area contributed by atoms with Gasteiger partial charge in [-0.15, -0.1) is 0 Å². The number of nitrogens with zero attached hydrogens (tertiary/aromatic N) is 1. The molecule has 1 aliphatic heterocycles. The van der Waals surface area contributed by atoms with E-state index in [0.717, 1.165) is 23.4 Å². The molecular formula is C22H27FN2O4S. The molecule has 1 amide bonds. The van der Waals surface area contributed by atoms with Crippen molar-refractivity contribution in [2.24, 2.45) is 5.92 Å². The molecular weight excluding hydrogens is 407 g/mol. The zero-order valence-electron chi connectivity index (χ0n) is 17.2. The smallest absolute Gasteiger partial charge is 0.243 e. The van der Waals surface area contributed by atoms with Crippen molar-refractivity contribution in [2.45, 2.75) is 37.6 Å². The van der Waals surface area contributed by atoms with Crippen molar-refractivity contribution in [1.29, 1.82) is 0 Å². The van der Waals surface area contributed by atoms with Crippen LogP contribution in [0.5, 0.6) is 5.75 Å². The van der Waals surface area contributed by atoms with Crippen molar-refractivity contribution < 1.29 is 22.3 Å². The van der Waals surface area contributed by atoms with Gasteiger partial charge in [0.15, 0.2) is 0 Å². The number of hydrogen-bond donors (Lipinski definition) is 1. The van der Waals surface area contributed by atoms with Gasteiger partial charge in [0.2, 0.25) is 15.9 Å². The van der Waals surface area contributed by atoms with Gasteiger partial charge in [0.25, 0.3) is 0 Å². The number of nitrogens with one attached hydrogen (secondary N) is 1. The molecule has 1 fully saturated rings. The van der Waals surface area contributed by atoms with Crippen LogP contribution in [0, 0.1) is 18.7 Å². The predicted octanol–water partition coefficient (Wildman–Crippen LogP) is 3.12. The van der Waals surface area contributed by atoms with E-state index in [0.29, 0.717) is 19.4 Å². The molecule has 1 aliphatic rings. The number of hydrogen-bond acceptors (Lipinski definition) is 4. The van der Waals surface area contributed by atoms with Gasteiger partial charge in [0, 0.05) is 19.0 Å². The number of halogens is 1. The molecule has 30 heavy (non-hydrogen) atoms. The topological polar surface area (TPSA) is 75.7 Å². The van der Waals surface area contributed by atoms with E-state index < -0.39 is 15.8 Å². The Morgan fingerprint density at radius 2 is 1.80 bits per heavy atom. The Morgan fingerprint density at radius 1 is 1.17 bits per heavy atom. The molecule has 2 aromatic rings. The summed E-state index contributed by atoms with van der Waals surface area (Å²) in [6.45, 7) is 4.71. The number of piperidine rings is 1. The van der Waals surface area contributed by atoms with Crippen molar-refractivity contribution in [3.63, 3.8) is 0 Å². The third-order valence-electron chi connectivity index (χ3n) is 5.25. The van der Waals surface area contributed by atoms with E-state index in [4.69, 9.17) is 4.74 Å². The van der Waals surface area contributed by atoms with Crippen LogP contribution >= 0.6 is 0 Å². The van der Waals surface area contributed by atoms with Crippen LogP contribution < -0.4 is 10.1 Å². The molecule has 2 aromatic carbocycles. The summed E-state index contributed by atoms with van der Waals surface area (Å²) < 4.78 is 45.6. The molecule has 0 spiro atoms. The summed E-state index contributed by atoms with van der Waals surface area (Å²) in [7, 11) is -3.68. The summed E-state index contributed by atoms with van der Waals surface area (Å²) in [5.41, 5.74) is 1.03. The molecule has 0 radical (unpaired) electrons. The molecule has 1 heterocycles. The average molecular weight is 435 g/mol. The first kappa shape index (κ1) is 22.2. The number of carbonyl (C=O) groups is 1. The highest BCUT2D eigenvalue weighted by Gasteiger charge is 2.32. The van der Waals surface area contributed by atoms with E-state index in [-0.39, 0.29) is 35.9 Å². The second kappa shape index (κ2) is 9.57. The Hall–Kier alpha value is -2.45. The van der Waals surface area contributed by atoms with E-state index in [9.17, 15) is 17.6 Å². The van der Waals surface area contributed by atoms with Crippen LogP contribution in [0.3, 0.4) is 0 Å². The number of amides is 1. The summed E-state index contributed by atoms with van der Waals surface area (Å²) in [6, 6.07) is 12.3. The van der Waals surface area contributed by atoms with Gasteiger partial charge in [-0.05, 0) is 62.6 Å². The molecule has 0 saturated carbocycles. The lowest BCUT2D eigenvalue weighted by atomic mass is 9.97. The highest BCUT2D eigenvalue weighted by Crippen LogP contribution is 2.24. The highest BCUT2D eigenvalue weighted by molar-refractivity contribution is 7.89. The second-order valence-electron chi connectivity index (χ2n) is 7.62. The van der Waals surface area contributed by atoms with Crippen LogP contribution in [-0.2, 0) is 14.8 Å². The van der Waals surface area contributed by atoms with Crippen molar-refractivity contribution >= 4 is 15.9 Å². The van der Waals surface area contributed by atoms with Gasteiger partial charge in [-0.1, -0.05) is 18.2 Å². The Kier molecular flexibility index (Phi) is 7.10. The minimum absolute atomic E-state index is 0.0637. The molecule has 8 heteroatoms. The van der Waals surface area contributed by atoms with Crippen molar-refractivity contribution in [3.8, 4) is 5.75 Å². The number of carbonyl (C=O) groups excluding carboxylic acids is 1. The Bertz CT molecular complexity index is 971. The van der Waals surface area contributed by atoms with E-state index in [2.05, 4.69) is 5.32 Å². The molecule has 0 unspecified atom stereocenters. The quantitative estimate of drug-likeness (QED) is 0.727. The molecule has 3 rings (SSSR count). The number of aryl methyl sites for hydroxylation is 1. The fraction of sp³-hybridized carbons (Fsp3) is 0.409.